The second kappa shape index (κ2) is 8.87. The van der Waals surface area contributed by atoms with Crippen molar-refractivity contribution in [2.24, 2.45) is 0 Å². The lowest BCUT2D eigenvalue weighted by molar-refractivity contribution is -0.112. The molecule has 0 aliphatic rings. The molecule has 0 bridgehead atoms. The average molecular weight is 316 g/mol. The van der Waals surface area contributed by atoms with Crippen molar-refractivity contribution in [3.63, 3.8) is 0 Å². The summed E-state index contributed by atoms with van der Waals surface area (Å²) in [4.78, 5) is 11.7. The van der Waals surface area contributed by atoms with E-state index in [2.05, 4.69) is 5.32 Å². The third-order valence-corrected chi connectivity index (χ3v) is 3.05. The number of alkyl carbamates (subject to hydrolysis) is 1. The molecule has 0 saturated carbocycles. The Labute approximate surface area is 130 Å². The van der Waals surface area contributed by atoms with E-state index >= 15 is 0 Å². The quantitative estimate of drug-likeness (QED) is 0.782. The molecular weight excluding hydrogens is 294 g/mol. The first-order valence-electron chi connectivity index (χ1n) is 6.77. The minimum Gasteiger partial charge on any atom is -0.443 e. The maximum atomic E-state index is 11.7. The van der Waals surface area contributed by atoms with Crippen LogP contribution in [0.3, 0.4) is 0 Å². The number of carbonyl (C=O) groups is 1. The van der Waals surface area contributed by atoms with Gasteiger partial charge >= 0.3 is 6.09 Å². The first kappa shape index (κ1) is 17.8. The Bertz CT molecular complexity index is 453. The molecule has 1 aromatic carbocycles. The summed E-state index contributed by atoms with van der Waals surface area (Å²) >= 11 is 6.19. The van der Waals surface area contributed by atoms with Crippen LogP contribution in [0.25, 0.3) is 0 Å². The molecule has 0 fully saturated rings. The zero-order valence-electron chi connectivity index (χ0n) is 12.8. The van der Waals surface area contributed by atoms with Crippen LogP contribution < -0.4 is 5.32 Å². The van der Waals surface area contributed by atoms with Gasteiger partial charge in [0.15, 0.2) is 0 Å². The molecule has 118 valence electrons. The number of methoxy groups -OCH3 is 1. The van der Waals surface area contributed by atoms with E-state index in [4.69, 9.17) is 25.8 Å². The molecule has 21 heavy (non-hydrogen) atoms. The minimum absolute atomic E-state index is 0.00311. The Morgan fingerprint density at radius 2 is 1.95 bits per heavy atom. The molecule has 2 atom stereocenters. The van der Waals surface area contributed by atoms with E-state index < -0.39 is 18.3 Å². The van der Waals surface area contributed by atoms with E-state index in [1.807, 2.05) is 32.0 Å². The fraction of sp³-hybridized carbons (Fsp3) is 0.533. The van der Waals surface area contributed by atoms with Gasteiger partial charge in [0.25, 0.3) is 0 Å². The fourth-order valence-electron chi connectivity index (χ4n) is 1.83. The van der Waals surface area contributed by atoms with Crippen LogP contribution in [-0.2, 0) is 14.2 Å². The molecule has 1 N–H and O–H groups in total. The van der Waals surface area contributed by atoms with E-state index in [9.17, 15) is 4.79 Å². The van der Waals surface area contributed by atoms with Gasteiger partial charge < -0.3 is 19.5 Å². The molecule has 2 unspecified atom stereocenters. The lowest BCUT2D eigenvalue weighted by Crippen LogP contribution is -2.35. The summed E-state index contributed by atoms with van der Waals surface area (Å²) in [5.41, 5.74) is 0.751. The van der Waals surface area contributed by atoms with Crippen LogP contribution in [0, 0.1) is 0 Å². The highest BCUT2D eigenvalue weighted by Crippen LogP contribution is 2.29. The maximum Gasteiger partial charge on any atom is 0.407 e. The predicted molar refractivity (Wildman–Crippen MR) is 81.4 cm³/mol. The average Bonchev–Trinajstić information content (AvgIpc) is 2.40. The van der Waals surface area contributed by atoms with E-state index in [-0.39, 0.29) is 12.8 Å². The number of amides is 1. The molecule has 1 rings (SSSR count). The number of ether oxygens (including phenoxy) is 3. The van der Waals surface area contributed by atoms with Gasteiger partial charge in [-0.2, -0.15) is 0 Å². The van der Waals surface area contributed by atoms with Gasteiger partial charge in [-0.15, -0.1) is 0 Å². The van der Waals surface area contributed by atoms with Gasteiger partial charge in [-0.3, -0.25) is 0 Å². The van der Waals surface area contributed by atoms with Crippen molar-refractivity contribution in [1.82, 2.24) is 5.32 Å². The highest BCUT2D eigenvalue weighted by atomic mass is 35.5. The zero-order chi connectivity index (χ0) is 15.8. The Balaban J connectivity index is 2.82. The molecule has 0 radical (unpaired) electrons. The van der Waals surface area contributed by atoms with E-state index in [1.54, 1.807) is 13.0 Å². The van der Waals surface area contributed by atoms with Gasteiger partial charge in [0, 0.05) is 23.7 Å². The Morgan fingerprint density at radius 3 is 2.52 bits per heavy atom. The van der Waals surface area contributed by atoms with Crippen molar-refractivity contribution in [3.05, 3.63) is 34.9 Å². The van der Waals surface area contributed by atoms with Crippen LogP contribution in [0.5, 0.6) is 0 Å². The van der Waals surface area contributed by atoms with Gasteiger partial charge in [0.05, 0.1) is 0 Å². The summed E-state index contributed by atoms with van der Waals surface area (Å²) in [5, 5.41) is 3.22. The molecule has 0 heterocycles. The van der Waals surface area contributed by atoms with Gasteiger partial charge in [-0.05, 0) is 26.8 Å². The Morgan fingerprint density at radius 1 is 1.29 bits per heavy atom. The topological polar surface area (TPSA) is 56.8 Å². The van der Waals surface area contributed by atoms with E-state index in [1.165, 1.54) is 7.11 Å². The minimum atomic E-state index is -0.515. The molecule has 1 amide bonds. The fourth-order valence-corrected chi connectivity index (χ4v) is 2.07. The van der Waals surface area contributed by atoms with Crippen LogP contribution in [0.1, 0.15) is 32.4 Å². The van der Waals surface area contributed by atoms with Gasteiger partial charge in [0.1, 0.15) is 19.0 Å². The summed E-state index contributed by atoms with van der Waals surface area (Å²) in [6.07, 6.45) is -1.51. The number of nitrogens with one attached hydrogen (secondary N) is 1. The number of hydrogen-bond donors (Lipinski definition) is 1. The van der Waals surface area contributed by atoms with Crippen molar-refractivity contribution >= 4 is 17.7 Å². The largest absolute Gasteiger partial charge is 0.443 e. The lowest BCUT2D eigenvalue weighted by Gasteiger charge is -2.25. The standard InChI is InChI=1S/C15H22ClNO4/c1-10(2)17-15(18)21-11(3)14(20-9-19-4)12-7-5-6-8-13(12)16/h5-8,10-11,14H,9H2,1-4H3,(H,17,18). The highest BCUT2D eigenvalue weighted by molar-refractivity contribution is 6.31. The first-order chi connectivity index (χ1) is 9.95. The number of carbonyl (C=O) groups excluding carboxylic acids is 1. The Hall–Kier alpha value is -1.30. The number of rotatable bonds is 7. The summed E-state index contributed by atoms with van der Waals surface area (Å²) in [6.45, 7) is 5.55. The summed E-state index contributed by atoms with van der Waals surface area (Å²) in [5.74, 6) is 0. The molecule has 5 nitrogen and oxygen atoms in total. The molecule has 0 aromatic heterocycles. The summed E-state index contributed by atoms with van der Waals surface area (Å²) in [6, 6.07) is 7.29. The molecule has 1 aromatic rings. The molecular formula is C15H22ClNO4. The SMILES string of the molecule is COCOC(c1ccccc1Cl)C(C)OC(=O)NC(C)C. The van der Waals surface area contributed by atoms with Crippen molar-refractivity contribution in [2.75, 3.05) is 13.9 Å². The smallest absolute Gasteiger partial charge is 0.407 e. The molecule has 0 aliphatic heterocycles. The van der Waals surface area contributed by atoms with Crippen molar-refractivity contribution in [2.45, 2.75) is 39.0 Å². The molecule has 6 heteroatoms. The van der Waals surface area contributed by atoms with Gasteiger partial charge in [-0.25, -0.2) is 4.79 Å². The van der Waals surface area contributed by atoms with Crippen LogP contribution in [0.2, 0.25) is 5.02 Å². The number of halogens is 1. The van der Waals surface area contributed by atoms with Crippen molar-refractivity contribution in [3.8, 4) is 0 Å². The normalized spacial score (nSPS) is 13.8. The molecule has 0 spiro atoms. The van der Waals surface area contributed by atoms with Gasteiger partial charge in [-0.1, -0.05) is 29.8 Å². The van der Waals surface area contributed by atoms with Gasteiger partial charge in [0.2, 0.25) is 0 Å². The van der Waals surface area contributed by atoms with Crippen LogP contribution in [-0.4, -0.2) is 32.1 Å². The molecule has 0 aliphatic carbocycles. The summed E-state index contributed by atoms with van der Waals surface area (Å²) < 4.78 is 15.9. The second-order valence-electron chi connectivity index (χ2n) is 4.92. The van der Waals surface area contributed by atoms with Crippen molar-refractivity contribution < 1.29 is 19.0 Å². The van der Waals surface area contributed by atoms with E-state index in [0.717, 1.165) is 5.56 Å². The van der Waals surface area contributed by atoms with Crippen LogP contribution in [0.15, 0.2) is 24.3 Å². The van der Waals surface area contributed by atoms with Crippen LogP contribution >= 0.6 is 11.6 Å². The monoisotopic (exact) mass is 315 g/mol. The Kier molecular flexibility index (Phi) is 7.50. The number of benzene rings is 1. The number of hydrogen-bond acceptors (Lipinski definition) is 4. The summed E-state index contributed by atoms with van der Waals surface area (Å²) in [7, 11) is 1.53. The first-order valence-corrected chi connectivity index (χ1v) is 7.15. The maximum absolute atomic E-state index is 11.7. The lowest BCUT2D eigenvalue weighted by atomic mass is 10.1. The molecule has 0 saturated heterocycles. The third-order valence-electron chi connectivity index (χ3n) is 2.70. The van der Waals surface area contributed by atoms with Crippen LogP contribution in [0.4, 0.5) is 4.79 Å². The van der Waals surface area contributed by atoms with Crippen molar-refractivity contribution in [1.29, 1.82) is 0 Å². The predicted octanol–water partition coefficient (Wildman–Crippen LogP) is 3.52. The van der Waals surface area contributed by atoms with E-state index in [0.29, 0.717) is 5.02 Å². The zero-order valence-corrected chi connectivity index (χ0v) is 13.5. The highest BCUT2D eigenvalue weighted by Gasteiger charge is 2.25. The second-order valence-corrected chi connectivity index (χ2v) is 5.33. The third kappa shape index (κ3) is 5.91.